The SMILES string of the molecule is C1CCC(NC2CCCCC2)CC1.CC(C)[C@@H](NC(=O)OCC1c2ccccc2-c2ccccc21)[C@H](O)CC(=O)O. The van der Waals surface area contributed by atoms with E-state index in [0.717, 1.165) is 34.3 Å². The van der Waals surface area contributed by atoms with Crippen molar-refractivity contribution in [2.24, 2.45) is 5.92 Å². The van der Waals surface area contributed by atoms with Crippen LogP contribution in [0.5, 0.6) is 0 Å². The van der Waals surface area contributed by atoms with Crippen molar-refractivity contribution >= 4 is 12.1 Å². The highest BCUT2D eigenvalue weighted by Gasteiger charge is 2.31. The summed E-state index contributed by atoms with van der Waals surface area (Å²) in [6.45, 7) is 3.78. The molecule has 0 heterocycles. The summed E-state index contributed by atoms with van der Waals surface area (Å²) in [6, 6.07) is 17.1. The summed E-state index contributed by atoms with van der Waals surface area (Å²) in [5, 5.41) is 25.4. The maximum Gasteiger partial charge on any atom is 0.407 e. The Morgan fingerprint density at radius 1 is 0.829 bits per heavy atom. The van der Waals surface area contributed by atoms with Gasteiger partial charge in [-0.05, 0) is 53.9 Å². The zero-order valence-electron chi connectivity index (χ0n) is 24.7. The average molecular weight is 565 g/mol. The number of carbonyl (C=O) groups is 2. The molecule has 5 rings (SSSR count). The number of alkyl carbamates (subject to hydrolysis) is 1. The molecule has 2 saturated carbocycles. The van der Waals surface area contributed by atoms with Gasteiger partial charge >= 0.3 is 12.1 Å². The number of aliphatic hydroxyl groups excluding tert-OH is 1. The molecule has 1 amide bonds. The number of rotatable bonds is 9. The highest BCUT2D eigenvalue weighted by Crippen LogP contribution is 2.44. The number of aliphatic hydroxyl groups is 1. The van der Waals surface area contributed by atoms with Crippen LogP contribution in [0, 0.1) is 5.92 Å². The Bertz CT molecular complexity index is 1060. The molecule has 0 spiro atoms. The third kappa shape index (κ3) is 8.79. The molecule has 7 heteroatoms. The van der Waals surface area contributed by atoms with Crippen LogP contribution in [0.2, 0.25) is 0 Å². The first-order valence-electron chi connectivity index (χ1n) is 15.6. The van der Waals surface area contributed by atoms with Crippen molar-refractivity contribution in [3.8, 4) is 11.1 Å². The van der Waals surface area contributed by atoms with Gasteiger partial charge in [0.2, 0.25) is 0 Å². The monoisotopic (exact) mass is 564 g/mol. The van der Waals surface area contributed by atoms with Crippen molar-refractivity contribution < 1.29 is 24.5 Å². The van der Waals surface area contributed by atoms with Crippen molar-refractivity contribution in [2.45, 2.75) is 115 Å². The quantitative estimate of drug-likeness (QED) is 0.272. The second kappa shape index (κ2) is 15.4. The molecule has 3 aliphatic rings. The van der Waals surface area contributed by atoms with Crippen LogP contribution in [0.25, 0.3) is 11.1 Å². The fourth-order valence-electron chi connectivity index (χ4n) is 6.66. The minimum atomic E-state index is -1.18. The minimum absolute atomic E-state index is 0.0559. The molecule has 3 aliphatic carbocycles. The second-order valence-corrected chi connectivity index (χ2v) is 12.2. The first-order valence-corrected chi connectivity index (χ1v) is 15.6. The van der Waals surface area contributed by atoms with E-state index in [4.69, 9.17) is 9.84 Å². The molecule has 0 bridgehead atoms. The molecular weight excluding hydrogens is 516 g/mol. The highest BCUT2D eigenvalue weighted by atomic mass is 16.5. The standard InChI is InChI=1S/C22H25NO5.C12H23N/c1-13(2)21(19(24)11-20(25)26)23-22(27)28-12-18-16-9-5-3-7-14(16)15-8-4-6-10-17(15)18;1-3-7-11(8-4-1)13-12-9-5-2-6-10-12/h3-10,13,18-19,21,24H,11-12H2,1-2H3,(H,23,27)(H,25,26);11-13H,1-10H2/t19-,21-;/m1./s1. The number of hydrogen-bond acceptors (Lipinski definition) is 5. The van der Waals surface area contributed by atoms with Crippen LogP contribution >= 0.6 is 0 Å². The van der Waals surface area contributed by atoms with Crippen molar-refractivity contribution in [3.63, 3.8) is 0 Å². The van der Waals surface area contributed by atoms with E-state index in [1.165, 1.54) is 64.2 Å². The summed E-state index contributed by atoms with van der Waals surface area (Å²) in [6.07, 6.45) is 12.3. The van der Waals surface area contributed by atoms with Gasteiger partial charge in [-0.25, -0.2) is 4.79 Å². The molecule has 4 N–H and O–H groups in total. The van der Waals surface area contributed by atoms with Gasteiger partial charge < -0.3 is 25.6 Å². The fraction of sp³-hybridized carbons (Fsp3) is 0.588. The zero-order chi connectivity index (χ0) is 29.2. The Morgan fingerprint density at radius 2 is 1.32 bits per heavy atom. The molecule has 0 unspecified atom stereocenters. The van der Waals surface area contributed by atoms with E-state index in [2.05, 4.69) is 22.8 Å². The van der Waals surface area contributed by atoms with Gasteiger partial charge in [0, 0.05) is 18.0 Å². The molecule has 2 fully saturated rings. The van der Waals surface area contributed by atoms with Crippen LogP contribution in [0.3, 0.4) is 0 Å². The largest absolute Gasteiger partial charge is 0.481 e. The van der Waals surface area contributed by atoms with Crippen LogP contribution < -0.4 is 10.6 Å². The van der Waals surface area contributed by atoms with E-state index >= 15 is 0 Å². The topological polar surface area (TPSA) is 108 Å². The number of carbonyl (C=O) groups excluding carboxylic acids is 1. The van der Waals surface area contributed by atoms with Gasteiger partial charge in [-0.3, -0.25) is 4.79 Å². The molecule has 41 heavy (non-hydrogen) atoms. The van der Waals surface area contributed by atoms with Crippen molar-refractivity contribution in [2.75, 3.05) is 6.61 Å². The first-order chi connectivity index (χ1) is 19.8. The molecule has 0 aliphatic heterocycles. The van der Waals surface area contributed by atoms with Gasteiger partial charge in [0.25, 0.3) is 0 Å². The molecule has 7 nitrogen and oxygen atoms in total. The van der Waals surface area contributed by atoms with E-state index in [9.17, 15) is 14.7 Å². The average Bonchev–Trinajstić information content (AvgIpc) is 3.29. The third-order valence-electron chi connectivity index (χ3n) is 8.83. The minimum Gasteiger partial charge on any atom is -0.481 e. The van der Waals surface area contributed by atoms with Crippen LogP contribution in [-0.4, -0.2) is 53.1 Å². The van der Waals surface area contributed by atoms with Crippen molar-refractivity contribution in [1.29, 1.82) is 0 Å². The van der Waals surface area contributed by atoms with Crippen LogP contribution in [-0.2, 0) is 9.53 Å². The van der Waals surface area contributed by atoms with Crippen LogP contribution in [0.4, 0.5) is 4.79 Å². The summed E-state index contributed by atoms with van der Waals surface area (Å²) >= 11 is 0. The lowest BCUT2D eigenvalue weighted by molar-refractivity contribution is -0.139. The van der Waals surface area contributed by atoms with Crippen molar-refractivity contribution in [3.05, 3.63) is 59.7 Å². The summed E-state index contributed by atoms with van der Waals surface area (Å²) in [5.74, 6) is -1.32. The summed E-state index contributed by atoms with van der Waals surface area (Å²) < 4.78 is 5.47. The molecule has 0 aromatic heterocycles. The van der Waals surface area contributed by atoms with Gasteiger partial charge in [-0.2, -0.15) is 0 Å². The van der Waals surface area contributed by atoms with Gasteiger partial charge in [-0.15, -0.1) is 0 Å². The molecule has 224 valence electrons. The van der Waals surface area contributed by atoms with E-state index in [-0.39, 0.29) is 18.4 Å². The number of amides is 1. The normalized spacial score (nSPS) is 18.9. The van der Waals surface area contributed by atoms with Crippen LogP contribution in [0.15, 0.2) is 48.5 Å². The second-order valence-electron chi connectivity index (χ2n) is 12.2. The van der Waals surface area contributed by atoms with Crippen LogP contribution in [0.1, 0.15) is 102 Å². The summed E-state index contributed by atoms with van der Waals surface area (Å²) in [4.78, 5) is 23.2. The third-order valence-corrected chi connectivity index (χ3v) is 8.83. The molecule has 0 radical (unpaired) electrons. The number of fused-ring (bicyclic) bond motifs is 3. The maximum atomic E-state index is 12.3. The van der Waals surface area contributed by atoms with Gasteiger partial charge in [0.1, 0.15) is 6.61 Å². The number of aliphatic carboxylic acids is 1. The number of nitrogens with one attached hydrogen (secondary N) is 2. The predicted octanol–water partition coefficient (Wildman–Crippen LogP) is 6.63. The molecule has 2 atom stereocenters. The Balaban J connectivity index is 0.000000247. The number of hydrogen-bond donors (Lipinski definition) is 4. The smallest absolute Gasteiger partial charge is 0.407 e. The number of carboxylic acids is 1. The van der Waals surface area contributed by atoms with Gasteiger partial charge in [0.15, 0.2) is 0 Å². The molecule has 2 aromatic rings. The zero-order valence-corrected chi connectivity index (χ0v) is 24.7. The molecular formula is C34H48N2O5. The number of benzene rings is 2. The molecule has 2 aromatic carbocycles. The summed E-state index contributed by atoms with van der Waals surface area (Å²) in [7, 11) is 0. The van der Waals surface area contributed by atoms with E-state index in [1.807, 2.05) is 36.4 Å². The molecule has 0 saturated heterocycles. The van der Waals surface area contributed by atoms with Gasteiger partial charge in [0.05, 0.1) is 18.6 Å². The lowest BCUT2D eigenvalue weighted by Gasteiger charge is -2.30. The van der Waals surface area contributed by atoms with E-state index in [0.29, 0.717) is 0 Å². The first kappa shape index (κ1) is 31.0. The lowest BCUT2D eigenvalue weighted by Crippen LogP contribution is -2.47. The Hall–Kier alpha value is -2.90. The maximum absolute atomic E-state index is 12.3. The number of ether oxygens (including phenoxy) is 1. The Kier molecular flexibility index (Phi) is 11.6. The van der Waals surface area contributed by atoms with E-state index in [1.54, 1.807) is 13.8 Å². The number of carboxylic acid groups (broad SMARTS) is 1. The highest BCUT2D eigenvalue weighted by molar-refractivity contribution is 5.79. The Labute approximate surface area is 245 Å². The Morgan fingerprint density at radius 3 is 1.78 bits per heavy atom. The summed E-state index contributed by atoms with van der Waals surface area (Å²) in [5.41, 5.74) is 4.51. The van der Waals surface area contributed by atoms with Gasteiger partial charge in [-0.1, -0.05) is 101 Å². The lowest BCUT2D eigenvalue weighted by atomic mass is 9.91. The van der Waals surface area contributed by atoms with Crippen molar-refractivity contribution in [1.82, 2.24) is 10.6 Å². The van der Waals surface area contributed by atoms with E-state index < -0.39 is 30.6 Å². The fourth-order valence-corrected chi connectivity index (χ4v) is 6.66. The predicted molar refractivity (Wildman–Crippen MR) is 162 cm³/mol.